The molecule has 2 aliphatic carbocycles. The van der Waals surface area contributed by atoms with Gasteiger partial charge in [0.1, 0.15) is 15.7 Å². The molecule has 3 aromatic rings. The number of urea groups is 1. The Morgan fingerprint density at radius 3 is 2.80 bits per heavy atom. The van der Waals surface area contributed by atoms with Crippen LogP contribution < -0.4 is 19.7 Å². The number of aryl methyl sites for hydroxylation is 1. The van der Waals surface area contributed by atoms with Crippen molar-refractivity contribution in [3.8, 4) is 5.75 Å². The highest BCUT2D eigenvalue weighted by atomic mass is 35.5. The van der Waals surface area contributed by atoms with Crippen molar-refractivity contribution in [2.45, 2.75) is 63.0 Å². The van der Waals surface area contributed by atoms with E-state index < -0.39 is 21.9 Å². The zero-order valence-electron chi connectivity index (χ0n) is 28.3. The molecular weight excluding hydrogens is 674 g/mol. The standard InChI is InChI=1S/C38H44ClN5O5S/c1-48-34-7-3-2-4-19-50(47,43-37(46)41-22-26-14-17-40-18-15-26)42-36(45)28-9-13-35-33(21-28)44(23-29-8-11-31(29)34)24-38(25-49-35)16-5-6-27-20-30(39)10-12-32(27)38/h3,7,9-10,12-15,17-18,20-21,29,31,34H,2,4-6,8,11,16,19,22-25H2,1H3,(H2,41,42,43,45,46,47)/b7-3+/t29-,31+,34-,38-,50?/m0/s1. The van der Waals surface area contributed by atoms with E-state index in [1.54, 1.807) is 37.7 Å². The number of benzene rings is 2. The van der Waals surface area contributed by atoms with Crippen molar-refractivity contribution in [2.24, 2.45) is 16.2 Å². The second kappa shape index (κ2) is 14.7. The van der Waals surface area contributed by atoms with E-state index in [1.165, 1.54) is 11.1 Å². The average molecular weight is 718 g/mol. The van der Waals surface area contributed by atoms with Crippen LogP contribution in [0.3, 0.4) is 0 Å². The van der Waals surface area contributed by atoms with Crippen LogP contribution in [0.1, 0.15) is 65.6 Å². The summed E-state index contributed by atoms with van der Waals surface area (Å²) in [7, 11) is -1.71. The number of hydrogen-bond acceptors (Lipinski definition) is 7. The minimum atomic E-state index is -3.47. The monoisotopic (exact) mass is 717 g/mol. The van der Waals surface area contributed by atoms with Crippen LogP contribution in [0, 0.1) is 11.8 Å². The number of hydrogen-bond donors (Lipinski definition) is 2. The summed E-state index contributed by atoms with van der Waals surface area (Å²) in [5, 5.41) is 3.46. The molecule has 50 heavy (non-hydrogen) atoms. The third-order valence-corrected chi connectivity index (χ3v) is 12.8. The molecule has 3 heterocycles. The molecule has 2 aromatic carbocycles. The van der Waals surface area contributed by atoms with Crippen LogP contribution in [0.25, 0.3) is 0 Å². The van der Waals surface area contributed by atoms with Gasteiger partial charge in [0.05, 0.1) is 24.2 Å². The number of allylic oxidation sites excluding steroid dienone is 1. The molecule has 5 atom stereocenters. The molecule has 2 bridgehead atoms. The molecule has 0 saturated heterocycles. The van der Waals surface area contributed by atoms with Crippen LogP contribution in [0.15, 0.2) is 77.4 Å². The fraction of sp³-hybridized carbons (Fsp3) is 0.447. The average Bonchev–Trinajstić information content (AvgIpc) is 3.25. The molecule has 0 radical (unpaired) electrons. The summed E-state index contributed by atoms with van der Waals surface area (Å²) in [5.74, 6) is 0.814. The predicted octanol–water partition coefficient (Wildman–Crippen LogP) is 6.62. The summed E-state index contributed by atoms with van der Waals surface area (Å²) >= 11 is 6.45. The van der Waals surface area contributed by atoms with E-state index in [0.717, 1.165) is 61.5 Å². The Balaban J connectivity index is 1.24. The Morgan fingerprint density at radius 1 is 1.14 bits per heavy atom. The molecule has 7 rings (SSSR count). The van der Waals surface area contributed by atoms with Crippen LogP contribution in [0.4, 0.5) is 10.5 Å². The Morgan fingerprint density at radius 2 is 2.00 bits per heavy atom. The zero-order valence-corrected chi connectivity index (χ0v) is 29.9. The Kier molecular flexibility index (Phi) is 10.2. The van der Waals surface area contributed by atoms with Crippen molar-refractivity contribution < 1.29 is 23.3 Å². The van der Waals surface area contributed by atoms with Crippen LogP contribution in [0.2, 0.25) is 5.02 Å². The smallest absolute Gasteiger partial charge is 0.327 e. The van der Waals surface area contributed by atoms with Gasteiger partial charge in [0.25, 0.3) is 5.91 Å². The second-order valence-electron chi connectivity index (χ2n) is 13.9. The molecule has 2 N–H and O–H groups in total. The third-order valence-electron chi connectivity index (χ3n) is 10.7. The van der Waals surface area contributed by atoms with E-state index in [2.05, 4.69) is 48.6 Å². The van der Waals surface area contributed by atoms with E-state index in [4.69, 9.17) is 21.1 Å². The number of rotatable bonds is 4. The van der Waals surface area contributed by atoms with Crippen molar-refractivity contribution in [1.82, 2.24) is 15.0 Å². The summed E-state index contributed by atoms with van der Waals surface area (Å²) in [4.78, 5) is 33.2. The summed E-state index contributed by atoms with van der Waals surface area (Å²) in [6.45, 7) is 2.22. The summed E-state index contributed by atoms with van der Waals surface area (Å²) < 4.78 is 33.6. The molecule has 264 valence electrons. The molecule has 2 aliphatic heterocycles. The molecule has 1 saturated carbocycles. The largest absolute Gasteiger partial charge is 0.490 e. The first-order chi connectivity index (χ1) is 24.2. The van der Waals surface area contributed by atoms with Gasteiger partial charge in [-0.25, -0.2) is 9.00 Å². The molecular formula is C38H44ClN5O5S. The molecule has 1 unspecified atom stereocenters. The number of ether oxygens (including phenoxy) is 2. The van der Waals surface area contributed by atoms with Gasteiger partial charge < -0.3 is 19.7 Å². The molecule has 1 spiro atoms. The number of anilines is 1. The van der Waals surface area contributed by atoms with Crippen LogP contribution in [-0.4, -0.2) is 59.8 Å². The number of carbonyl (C=O) groups is 2. The molecule has 12 heteroatoms. The minimum Gasteiger partial charge on any atom is -0.490 e. The Labute approximate surface area is 299 Å². The first kappa shape index (κ1) is 34.5. The maximum atomic E-state index is 14.2. The fourth-order valence-corrected chi connectivity index (χ4v) is 9.70. The number of carbonyl (C=O) groups excluding carboxylic acids is 2. The summed E-state index contributed by atoms with van der Waals surface area (Å²) in [6.07, 6.45) is 13.6. The SMILES string of the molecule is CO[C@H]1/C=C/CCCS(=O)(NC(=O)NCc2ccncc2)=NC(=O)c2ccc3c(c2)N(C[C@@H]2CC[C@H]21)C[C@@]1(CCCc2cc(Cl)ccc21)CO3. The van der Waals surface area contributed by atoms with Gasteiger partial charge in [-0.1, -0.05) is 29.8 Å². The van der Waals surface area contributed by atoms with Gasteiger partial charge in [-0.3, -0.25) is 14.5 Å². The zero-order chi connectivity index (χ0) is 34.7. The van der Waals surface area contributed by atoms with Crippen molar-refractivity contribution in [2.75, 3.05) is 37.5 Å². The maximum absolute atomic E-state index is 14.2. The Bertz CT molecular complexity index is 1900. The molecule has 1 fully saturated rings. The lowest BCUT2D eigenvalue weighted by Gasteiger charge is -2.46. The number of nitrogens with zero attached hydrogens (tertiary/aromatic N) is 3. The molecule has 1 aromatic heterocycles. The van der Waals surface area contributed by atoms with E-state index in [9.17, 15) is 13.8 Å². The van der Waals surface area contributed by atoms with Crippen LogP contribution >= 0.6 is 11.6 Å². The van der Waals surface area contributed by atoms with Gasteiger partial charge in [0, 0.05) is 55.1 Å². The fourth-order valence-electron chi connectivity index (χ4n) is 7.98. The highest BCUT2D eigenvalue weighted by molar-refractivity contribution is 7.92. The predicted molar refractivity (Wildman–Crippen MR) is 195 cm³/mol. The normalized spacial score (nSPS) is 28.5. The number of aromatic nitrogens is 1. The highest BCUT2D eigenvalue weighted by Crippen LogP contribution is 2.47. The van der Waals surface area contributed by atoms with Gasteiger partial charge in [-0.15, -0.1) is 4.36 Å². The summed E-state index contributed by atoms with van der Waals surface area (Å²) in [6, 6.07) is 14.4. The van der Waals surface area contributed by atoms with Crippen LogP contribution in [0.5, 0.6) is 5.75 Å². The van der Waals surface area contributed by atoms with E-state index in [1.807, 2.05) is 18.2 Å². The second-order valence-corrected chi connectivity index (χ2v) is 16.5. The number of fused-ring (bicyclic) bond motifs is 4. The number of pyridine rings is 1. The number of halogens is 1. The molecule has 10 nitrogen and oxygen atoms in total. The lowest BCUT2D eigenvalue weighted by molar-refractivity contribution is 0.0132. The van der Waals surface area contributed by atoms with Gasteiger partial charge in [0.15, 0.2) is 0 Å². The first-order valence-corrected chi connectivity index (χ1v) is 19.5. The van der Waals surface area contributed by atoms with E-state index in [-0.39, 0.29) is 23.8 Å². The summed E-state index contributed by atoms with van der Waals surface area (Å²) in [5.41, 5.74) is 4.23. The van der Waals surface area contributed by atoms with Gasteiger partial charge in [0.2, 0.25) is 0 Å². The number of methoxy groups -OCH3 is 1. The van der Waals surface area contributed by atoms with Gasteiger partial charge in [-0.2, -0.15) is 0 Å². The van der Waals surface area contributed by atoms with Crippen molar-refractivity contribution in [3.63, 3.8) is 0 Å². The maximum Gasteiger partial charge on any atom is 0.327 e. The van der Waals surface area contributed by atoms with Crippen molar-refractivity contribution in [3.05, 3.63) is 100 Å². The third kappa shape index (κ3) is 7.41. The number of amides is 3. The minimum absolute atomic E-state index is 0.0155. The number of nitrogens with one attached hydrogen (secondary N) is 2. The first-order valence-electron chi connectivity index (χ1n) is 17.5. The van der Waals surface area contributed by atoms with Crippen LogP contribution in [-0.2, 0) is 33.0 Å². The van der Waals surface area contributed by atoms with Gasteiger partial charge >= 0.3 is 6.03 Å². The van der Waals surface area contributed by atoms with Gasteiger partial charge in [-0.05, 0) is 116 Å². The quantitative estimate of drug-likeness (QED) is 0.291. The topological polar surface area (TPSA) is 122 Å². The van der Waals surface area contributed by atoms with Crippen molar-refractivity contribution >= 4 is 39.1 Å². The molecule has 3 amide bonds. The molecule has 4 aliphatic rings. The van der Waals surface area contributed by atoms with Crippen molar-refractivity contribution in [1.29, 1.82) is 0 Å². The lowest BCUT2D eigenvalue weighted by atomic mass is 9.68. The Hall–Kier alpha value is -3.93. The van der Waals surface area contributed by atoms with E-state index >= 15 is 0 Å². The lowest BCUT2D eigenvalue weighted by Crippen LogP contribution is -2.49. The highest BCUT2D eigenvalue weighted by Gasteiger charge is 2.44. The van der Waals surface area contributed by atoms with E-state index in [0.29, 0.717) is 42.6 Å².